The van der Waals surface area contributed by atoms with Gasteiger partial charge in [0.1, 0.15) is 0 Å². The lowest BCUT2D eigenvalue weighted by Crippen LogP contribution is -2.35. The van der Waals surface area contributed by atoms with E-state index in [2.05, 4.69) is 23.6 Å². The lowest BCUT2D eigenvalue weighted by Gasteiger charge is -2.22. The minimum Gasteiger partial charge on any atom is -0.325 e. The number of hydrogen-bond donors (Lipinski definition) is 2. The Morgan fingerprint density at radius 2 is 2.28 bits per heavy atom. The predicted molar refractivity (Wildman–Crippen MR) is 77.1 cm³/mol. The Morgan fingerprint density at radius 3 is 2.94 bits per heavy atom. The van der Waals surface area contributed by atoms with Crippen molar-refractivity contribution in [2.75, 3.05) is 24.2 Å². The molecule has 18 heavy (non-hydrogen) atoms. The molecule has 2 N–H and O–H groups in total. The highest BCUT2D eigenvalue weighted by atomic mass is 32.2. The molecule has 4 heteroatoms. The monoisotopic (exact) mass is 264 g/mol. The van der Waals surface area contributed by atoms with E-state index in [1.54, 1.807) is 11.8 Å². The Hall–Kier alpha value is -1.00. The fourth-order valence-corrected chi connectivity index (χ4v) is 2.90. The van der Waals surface area contributed by atoms with Gasteiger partial charge in [-0.05, 0) is 37.8 Å². The minimum atomic E-state index is -0.274. The number of thioether (sulfide) groups is 1. The highest BCUT2D eigenvalue weighted by Crippen LogP contribution is 2.30. The van der Waals surface area contributed by atoms with Crippen molar-refractivity contribution in [3.05, 3.63) is 24.3 Å². The Morgan fingerprint density at radius 1 is 1.50 bits per heavy atom. The number of rotatable bonds is 4. The molecule has 0 aliphatic carbocycles. The maximum Gasteiger partial charge on any atom is 0.231 e. The molecule has 1 aliphatic heterocycles. The summed E-state index contributed by atoms with van der Waals surface area (Å²) in [6, 6.07) is 8.00. The molecule has 1 heterocycles. The maximum absolute atomic E-state index is 12.3. The maximum atomic E-state index is 12.3. The van der Waals surface area contributed by atoms with Gasteiger partial charge < -0.3 is 10.6 Å². The van der Waals surface area contributed by atoms with E-state index < -0.39 is 0 Å². The SMILES string of the molecule is CCSc1ccccc1NC(=O)C1(C)CCNC1. The number of amides is 1. The van der Waals surface area contributed by atoms with E-state index in [9.17, 15) is 4.79 Å². The van der Waals surface area contributed by atoms with Gasteiger partial charge in [0.25, 0.3) is 0 Å². The van der Waals surface area contributed by atoms with E-state index in [0.717, 1.165) is 35.8 Å². The summed E-state index contributed by atoms with van der Waals surface area (Å²) in [6.07, 6.45) is 0.905. The van der Waals surface area contributed by atoms with E-state index in [0.29, 0.717) is 0 Å². The molecular formula is C14H20N2OS. The zero-order valence-electron chi connectivity index (χ0n) is 11.0. The number of benzene rings is 1. The molecule has 0 spiro atoms. The highest BCUT2D eigenvalue weighted by Gasteiger charge is 2.36. The van der Waals surface area contributed by atoms with Crippen molar-refractivity contribution >= 4 is 23.4 Å². The summed E-state index contributed by atoms with van der Waals surface area (Å²) < 4.78 is 0. The van der Waals surface area contributed by atoms with Crippen LogP contribution in [0.15, 0.2) is 29.2 Å². The van der Waals surface area contributed by atoms with E-state index in [1.165, 1.54) is 0 Å². The molecule has 0 aromatic heterocycles. The second kappa shape index (κ2) is 5.76. The largest absolute Gasteiger partial charge is 0.325 e. The third-order valence-electron chi connectivity index (χ3n) is 3.35. The summed E-state index contributed by atoms with van der Waals surface area (Å²) in [5.41, 5.74) is 0.659. The summed E-state index contributed by atoms with van der Waals surface area (Å²) in [4.78, 5) is 13.5. The summed E-state index contributed by atoms with van der Waals surface area (Å²) in [6.45, 7) is 5.83. The highest BCUT2D eigenvalue weighted by molar-refractivity contribution is 7.99. The van der Waals surface area contributed by atoms with Crippen LogP contribution in [-0.4, -0.2) is 24.7 Å². The van der Waals surface area contributed by atoms with Crippen LogP contribution in [0.2, 0.25) is 0 Å². The average molecular weight is 264 g/mol. The van der Waals surface area contributed by atoms with E-state index in [1.807, 2.05) is 25.1 Å². The van der Waals surface area contributed by atoms with E-state index >= 15 is 0 Å². The molecule has 1 aromatic rings. The quantitative estimate of drug-likeness (QED) is 0.822. The van der Waals surface area contributed by atoms with Gasteiger partial charge in [0.2, 0.25) is 5.91 Å². The van der Waals surface area contributed by atoms with Crippen molar-refractivity contribution in [3.63, 3.8) is 0 Å². The zero-order valence-corrected chi connectivity index (χ0v) is 11.8. The molecule has 0 saturated carbocycles. The smallest absolute Gasteiger partial charge is 0.231 e. The molecule has 0 bridgehead atoms. The molecule has 1 aliphatic rings. The molecule has 2 rings (SSSR count). The number of anilines is 1. The third-order valence-corrected chi connectivity index (χ3v) is 4.31. The first-order valence-corrected chi connectivity index (χ1v) is 7.38. The van der Waals surface area contributed by atoms with Gasteiger partial charge in [-0.15, -0.1) is 11.8 Å². The lowest BCUT2D eigenvalue weighted by atomic mass is 9.89. The van der Waals surface area contributed by atoms with Crippen molar-refractivity contribution in [1.82, 2.24) is 5.32 Å². The number of para-hydroxylation sites is 1. The van der Waals surface area contributed by atoms with Crippen molar-refractivity contribution in [2.24, 2.45) is 5.41 Å². The first-order valence-electron chi connectivity index (χ1n) is 6.40. The van der Waals surface area contributed by atoms with Gasteiger partial charge >= 0.3 is 0 Å². The van der Waals surface area contributed by atoms with Gasteiger partial charge in [0, 0.05) is 11.4 Å². The van der Waals surface area contributed by atoms with Gasteiger partial charge in [-0.1, -0.05) is 19.1 Å². The fourth-order valence-electron chi connectivity index (χ4n) is 2.14. The summed E-state index contributed by atoms with van der Waals surface area (Å²) in [5.74, 6) is 1.13. The topological polar surface area (TPSA) is 41.1 Å². The molecular weight excluding hydrogens is 244 g/mol. The van der Waals surface area contributed by atoms with Crippen molar-refractivity contribution in [3.8, 4) is 0 Å². The Bertz CT molecular complexity index is 428. The van der Waals surface area contributed by atoms with Crippen LogP contribution in [0.1, 0.15) is 20.3 Å². The Labute approximate surface area is 113 Å². The molecule has 1 amide bonds. The summed E-state index contributed by atoms with van der Waals surface area (Å²) in [7, 11) is 0. The molecule has 1 aromatic carbocycles. The Balaban J connectivity index is 2.11. The second-order valence-corrected chi connectivity index (χ2v) is 6.18. The van der Waals surface area contributed by atoms with Crippen LogP contribution >= 0.6 is 11.8 Å². The van der Waals surface area contributed by atoms with Crippen LogP contribution in [0.4, 0.5) is 5.69 Å². The average Bonchev–Trinajstić information content (AvgIpc) is 2.80. The number of carbonyl (C=O) groups excluding carboxylic acids is 1. The zero-order chi connectivity index (χ0) is 13.0. The number of hydrogen-bond acceptors (Lipinski definition) is 3. The molecule has 0 radical (unpaired) electrons. The van der Waals surface area contributed by atoms with Gasteiger partial charge in [-0.3, -0.25) is 4.79 Å². The van der Waals surface area contributed by atoms with E-state index in [-0.39, 0.29) is 11.3 Å². The van der Waals surface area contributed by atoms with Gasteiger partial charge in [0.15, 0.2) is 0 Å². The van der Waals surface area contributed by atoms with Crippen LogP contribution in [0.3, 0.4) is 0 Å². The first kappa shape index (κ1) is 13.4. The van der Waals surface area contributed by atoms with Crippen LogP contribution in [0, 0.1) is 5.41 Å². The van der Waals surface area contributed by atoms with Gasteiger partial charge in [0.05, 0.1) is 11.1 Å². The van der Waals surface area contributed by atoms with E-state index in [4.69, 9.17) is 0 Å². The molecule has 1 fully saturated rings. The minimum absolute atomic E-state index is 0.122. The van der Waals surface area contributed by atoms with Crippen LogP contribution in [0.25, 0.3) is 0 Å². The van der Waals surface area contributed by atoms with Gasteiger partial charge in [-0.25, -0.2) is 0 Å². The second-order valence-electron chi connectivity index (χ2n) is 4.87. The first-order chi connectivity index (χ1) is 8.65. The van der Waals surface area contributed by atoms with Crippen molar-refractivity contribution in [1.29, 1.82) is 0 Å². The molecule has 1 unspecified atom stereocenters. The molecule has 1 saturated heterocycles. The fraction of sp³-hybridized carbons (Fsp3) is 0.500. The molecule has 1 atom stereocenters. The molecule has 3 nitrogen and oxygen atoms in total. The van der Waals surface area contributed by atoms with Crippen molar-refractivity contribution < 1.29 is 4.79 Å². The van der Waals surface area contributed by atoms with Gasteiger partial charge in [-0.2, -0.15) is 0 Å². The van der Waals surface area contributed by atoms with Crippen LogP contribution in [-0.2, 0) is 4.79 Å². The normalized spacial score (nSPS) is 23.0. The van der Waals surface area contributed by atoms with Crippen LogP contribution in [0.5, 0.6) is 0 Å². The summed E-state index contributed by atoms with van der Waals surface area (Å²) >= 11 is 1.75. The van der Waals surface area contributed by atoms with Crippen LogP contribution < -0.4 is 10.6 Å². The number of carbonyl (C=O) groups is 1. The summed E-state index contributed by atoms with van der Waals surface area (Å²) in [5, 5.41) is 6.33. The van der Waals surface area contributed by atoms with Crippen molar-refractivity contribution in [2.45, 2.75) is 25.2 Å². The number of nitrogens with one attached hydrogen (secondary N) is 2. The standard InChI is InChI=1S/C14H20N2OS/c1-3-18-12-7-5-4-6-11(12)16-13(17)14(2)8-9-15-10-14/h4-7,15H,3,8-10H2,1-2H3,(H,16,17). The Kier molecular flexibility index (Phi) is 4.30. The molecule has 98 valence electrons. The third kappa shape index (κ3) is 2.87. The predicted octanol–water partition coefficient (Wildman–Crippen LogP) is 2.74. The lowest BCUT2D eigenvalue weighted by molar-refractivity contribution is -0.123.